The first-order valence-corrected chi connectivity index (χ1v) is 17.4. The normalized spacial score (nSPS) is 34.7. The fraction of sp³-hybridized carbons (Fsp3) is 0.622. The molecule has 44 heavy (non-hydrogen) atoms. The van der Waals surface area contributed by atoms with E-state index in [1.165, 1.54) is 63.2 Å². The number of ether oxygens (including phenoxy) is 1. The number of hydrogen-bond acceptors (Lipinski definition) is 5. The third-order valence-electron chi connectivity index (χ3n) is 13.2. The van der Waals surface area contributed by atoms with Gasteiger partial charge in [0.25, 0.3) is 0 Å². The number of carbonyl (C=O) groups is 1. The summed E-state index contributed by atoms with van der Waals surface area (Å²) in [5.74, 6) is 5.19. The lowest BCUT2D eigenvalue weighted by Crippen LogP contribution is -2.53. The van der Waals surface area contributed by atoms with Crippen molar-refractivity contribution in [1.29, 1.82) is 0 Å². The van der Waals surface area contributed by atoms with Crippen LogP contribution in [-0.2, 0) is 9.53 Å². The third-order valence-corrected chi connectivity index (χ3v) is 13.5. The van der Waals surface area contributed by atoms with Crippen LogP contribution in [0.15, 0.2) is 47.6 Å². The Morgan fingerprint density at radius 1 is 1.07 bits per heavy atom. The molecule has 7 rings (SSSR count). The van der Waals surface area contributed by atoms with Crippen LogP contribution in [0.5, 0.6) is 0 Å². The van der Waals surface area contributed by atoms with E-state index in [1.54, 1.807) is 0 Å². The Labute approximate surface area is 267 Å². The highest BCUT2D eigenvalue weighted by Gasteiger charge is 2.60. The van der Waals surface area contributed by atoms with Crippen molar-refractivity contribution < 1.29 is 9.53 Å². The summed E-state index contributed by atoms with van der Waals surface area (Å²) < 4.78 is 7.39. The van der Waals surface area contributed by atoms with Crippen molar-refractivity contribution in [2.75, 3.05) is 7.11 Å². The monoisotopic (exact) mass is 612 g/mol. The lowest BCUT2D eigenvalue weighted by molar-refractivity contribution is -0.141. The maximum absolute atomic E-state index is 11.9. The second-order valence-corrected chi connectivity index (χ2v) is 15.4. The van der Waals surface area contributed by atoms with E-state index in [4.69, 9.17) is 22.1 Å². The van der Waals surface area contributed by atoms with E-state index < -0.39 is 0 Å². The summed E-state index contributed by atoms with van der Waals surface area (Å²) in [7, 11) is 1.51. The zero-order valence-electron chi connectivity index (χ0n) is 26.9. The molecule has 1 heterocycles. The Morgan fingerprint density at radius 2 is 1.86 bits per heavy atom. The molecule has 0 spiro atoms. The molecule has 2 aromatic carbocycles. The predicted octanol–water partition coefficient (Wildman–Crippen LogP) is 9.21. The molecule has 4 saturated carbocycles. The van der Waals surface area contributed by atoms with E-state index >= 15 is 0 Å². The summed E-state index contributed by atoms with van der Waals surface area (Å²) in [5, 5.41) is 15.2. The van der Waals surface area contributed by atoms with Crippen molar-refractivity contribution in [2.45, 2.75) is 91.4 Å². The van der Waals surface area contributed by atoms with Crippen molar-refractivity contribution in [2.24, 2.45) is 51.4 Å². The fourth-order valence-electron chi connectivity index (χ4n) is 10.9. The molecule has 0 amide bonds. The van der Waals surface area contributed by atoms with Gasteiger partial charge in [0.15, 0.2) is 5.82 Å². The summed E-state index contributed by atoms with van der Waals surface area (Å²) in [6.07, 6.45) is 12.9. The first kappa shape index (κ1) is 29.9. The molecule has 0 radical (unpaired) electrons. The molecule has 7 heteroatoms. The lowest BCUT2D eigenvalue weighted by Gasteiger charge is -2.61. The quantitative estimate of drug-likeness (QED) is 0.222. The number of H-pyrrole nitrogens is 1. The largest absolute Gasteiger partial charge is 0.469 e. The van der Waals surface area contributed by atoms with Gasteiger partial charge in [-0.2, -0.15) is 14.9 Å². The average Bonchev–Trinajstić information content (AvgIpc) is 3.58. The first-order chi connectivity index (χ1) is 21.2. The topological polar surface area (TPSA) is 72.3 Å². The molecule has 0 saturated heterocycles. The number of methoxy groups -OCH3 is 1. The molecular formula is C37H48N4O2S. The molecule has 4 aliphatic carbocycles. The Morgan fingerprint density at radius 3 is 2.70 bits per heavy atom. The summed E-state index contributed by atoms with van der Waals surface area (Å²) in [6, 6.07) is 14.8. The summed E-state index contributed by atoms with van der Waals surface area (Å²) >= 11 is 5.71. The van der Waals surface area contributed by atoms with Crippen LogP contribution in [0.1, 0.15) is 91.4 Å². The van der Waals surface area contributed by atoms with Gasteiger partial charge in [0.05, 0.1) is 7.11 Å². The van der Waals surface area contributed by atoms with Crippen molar-refractivity contribution in [1.82, 2.24) is 14.9 Å². The van der Waals surface area contributed by atoms with Crippen LogP contribution in [0.3, 0.4) is 0 Å². The van der Waals surface area contributed by atoms with E-state index in [0.29, 0.717) is 33.9 Å². The Hall–Kier alpha value is -2.80. The minimum atomic E-state index is -0.0633. The van der Waals surface area contributed by atoms with Gasteiger partial charge in [0.2, 0.25) is 4.77 Å². The number of fused-ring (bicyclic) bond motifs is 6. The average molecular weight is 613 g/mol. The number of nitrogens with zero attached hydrogens (tertiary/aromatic N) is 3. The highest BCUT2D eigenvalue weighted by molar-refractivity contribution is 7.71. The lowest BCUT2D eigenvalue weighted by atomic mass is 9.44. The minimum absolute atomic E-state index is 0.0633. The smallest absolute Gasteiger partial charge is 0.305 e. The minimum Gasteiger partial charge on any atom is -0.469 e. The van der Waals surface area contributed by atoms with Crippen LogP contribution in [0.4, 0.5) is 0 Å². The molecule has 1 N–H and O–H groups in total. The molecule has 6 nitrogen and oxygen atoms in total. The first-order valence-electron chi connectivity index (χ1n) is 17.0. The number of rotatable bonds is 6. The van der Waals surface area contributed by atoms with E-state index in [-0.39, 0.29) is 5.97 Å². The molecule has 234 valence electrons. The molecule has 0 aliphatic heterocycles. The molecule has 1 aromatic heterocycles. The van der Waals surface area contributed by atoms with Gasteiger partial charge < -0.3 is 4.74 Å². The number of carbonyl (C=O) groups excluding carboxylic acids is 1. The van der Waals surface area contributed by atoms with E-state index in [0.717, 1.165) is 59.7 Å². The van der Waals surface area contributed by atoms with Crippen LogP contribution in [0, 0.1) is 51.1 Å². The van der Waals surface area contributed by atoms with Gasteiger partial charge in [0, 0.05) is 17.7 Å². The van der Waals surface area contributed by atoms with Gasteiger partial charge in [-0.05, 0) is 134 Å². The summed E-state index contributed by atoms with van der Waals surface area (Å²) in [5.41, 5.74) is 3.12. The second-order valence-electron chi connectivity index (χ2n) is 15.0. The number of esters is 1. The summed E-state index contributed by atoms with van der Waals surface area (Å²) in [4.78, 5) is 11.9. The number of hydrogen-bond donors (Lipinski definition) is 1. The van der Waals surface area contributed by atoms with Crippen molar-refractivity contribution in [3.63, 3.8) is 0 Å². The van der Waals surface area contributed by atoms with Crippen LogP contribution >= 0.6 is 12.2 Å². The molecular weight excluding hydrogens is 565 g/mol. The molecule has 4 fully saturated rings. The maximum atomic E-state index is 11.9. The van der Waals surface area contributed by atoms with Crippen LogP contribution < -0.4 is 0 Å². The highest BCUT2D eigenvalue weighted by Crippen LogP contribution is 2.68. The van der Waals surface area contributed by atoms with Gasteiger partial charge in [-0.3, -0.25) is 4.79 Å². The number of nitrogens with one attached hydrogen (secondary N) is 1. The van der Waals surface area contributed by atoms with E-state index in [1.807, 2.05) is 4.68 Å². The maximum Gasteiger partial charge on any atom is 0.305 e. The number of aromatic amines is 1. The van der Waals surface area contributed by atoms with Gasteiger partial charge in [-0.25, -0.2) is 5.10 Å². The molecule has 4 aliphatic rings. The van der Waals surface area contributed by atoms with Gasteiger partial charge in [-0.15, -0.1) is 0 Å². The predicted molar refractivity (Wildman–Crippen MR) is 179 cm³/mol. The standard InChI is InChI=1S/C37H48N4O2S/c1-23(12-17-33(42)43-4)30-15-16-31-29-14-13-25-22-26(18-20-36(25,2)32(29)19-21-37(30,31)3)40-41-34(38-39-35(41)44)28-11-7-9-24-8-5-6-10-27(24)28/h5-11,23,25,29-32H,12-22H2,1-4H3,(H,39,44)/b40-26-/t23-,25-,29+,30-,31+,32+,36+,37-/m1/s1. The Bertz CT molecular complexity index is 1640. The molecule has 3 aromatic rings. The number of benzene rings is 2. The zero-order chi connectivity index (χ0) is 30.6. The number of aromatic nitrogens is 3. The van der Waals surface area contributed by atoms with E-state index in [9.17, 15) is 4.79 Å². The summed E-state index contributed by atoms with van der Waals surface area (Å²) in [6.45, 7) is 7.64. The van der Waals surface area contributed by atoms with Gasteiger partial charge in [-0.1, -0.05) is 63.2 Å². The van der Waals surface area contributed by atoms with Crippen molar-refractivity contribution in [3.05, 3.63) is 47.2 Å². The molecule has 8 atom stereocenters. The van der Waals surface area contributed by atoms with Crippen LogP contribution in [0.25, 0.3) is 22.2 Å². The van der Waals surface area contributed by atoms with Crippen LogP contribution in [-0.4, -0.2) is 33.7 Å². The SMILES string of the molecule is COC(=O)CC[C@@H](C)[C@H]1CC[C@H]2[C@@H]3CC[C@@H]4C/C(=N\n5c(-c6cccc7ccccc67)n[nH]c5=S)CC[C@]4(C)[C@H]3CC[C@]12C. The molecule has 0 unspecified atom stereocenters. The fourth-order valence-corrected chi connectivity index (χ4v) is 11.1. The molecule has 0 bridgehead atoms. The van der Waals surface area contributed by atoms with Gasteiger partial charge >= 0.3 is 5.97 Å². The van der Waals surface area contributed by atoms with Gasteiger partial charge in [0.1, 0.15) is 0 Å². The van der Waals surface area contributed by atoms with Crippen LogP contribution in [0.2, 0.25) is 0 Å². The third kappa shape index (κ3) is 4.89. The van der Waals surface area contributed by atoms with Crippen molar-refractivity contribution in [3.8, 4) is 11.4 Å². The highest BCUT2D eigenvalue weighted by atomic mass is 32.1. The van der Waals surface area contributed by atoms with E-state index in [2.05, 4.69) is 73.4 Å². The second kappa shape index (κ2) is 11.5. The Kier molecular flexibility index (Phi) is 7.83. The van der Waals surface area contributed by atoms with Crippen molar-refractivity contribution >= 4 is 34.7 Å². The Balaban J connectivity index is 1.09. The zero-order valence-corrected chi connectivity index (χ0v) is 27.7.